The molecule has 1 atom stereocenters. The quantitative estimate of drug-likeness (QED) is 0.315. The number of aromatic nitrogens is 5. The van der Waals surface area contributed by atoms with Crippen LogP contribution in [0.15, 0.2) is 30.7 Å². The van der Waals surface area contributed by atoms with Crippen molar-refractivity contribution in [2.75, 3.05) is 30.8 Å². The van der Waals surface area contributed by atoms with Gasteiger partial charge in [-0.3, -0.25) is 0 Å². The van der Waals surface area contributed by atoms with Gasteiger partial charge in [-0.2, -0.15) is 9.40 Å². The number of nitrogens with one attached hydrogen (secondary N) is 1. The van der Waals surface area contributed by atoms with Crippen molar-refractivity contribution in [1.82, 2.24) is 29.0 Å². The van der Waals surface area contributed by atoms with Gasteiger partial charge in [0.2, 0.25) is 10.0 Å². The Bertz CT molecular complexity index is 1200. The lowest BCUT2D eigenvalue weighted by molar-refractivity contribution is 0.0819. The summed E-state index contributed by atoms with van der Waals surface area (Å²) in [5.41, 5.74) is 2.85. The molecule has 0 spiro atoms. The van der Waals surface area contributed by atoms with E-state index in [1.165, 1.54) is 0 Å². The number of ether oxygens (including phenoxy) is 1. The third kappa shape index (κ3) is 5.80. The molecule has 0 amide bonds. The fourth-order valence-electron chi connectivity index (χ4n) is 4.03. The van der Waals surface area contributed by atoms with Gasteiger partial charge in [-0.1, -0.05) is 13.5 Å². The second-order valence-electron chi connectivity index (χ2n) is 8.31. The molecule has 34 heavy (non-hydrogen) atoms. The molecule has 4 rings (SSSR count). The Morgan fingerprint density at radius 3 is 3.00 bits per heavy atom. The summed E-state index contributed by atoms with van der Waals surface area (Å²) < 4.78 is 34.1. The summed E-state index contributed by atoms with van der Waals surface area (Å²) in [6, 6.07) is 4.82. The molecular formula is C22H31N7O3SSi. The Labute approximate surface area is 203 Å². The van der Waals surface area contributed by atoms with Gasteiger partial charge >= 0.3 is 0 Å². The Kier molecular flexibility index (Phi) is 8.24. The fourth-order valence-corrected chi connectivity index (χ4v) is 5.97. The molecule has 0 aliphatic carbocycles. The first kappa shape index (κ1) is 24.7. The van der Waals surface area contributed by atoms with E-state index in [1.807, 2.05) is 19.1 Å². The van der Waals surface area contributed by atoms with Gasteiger partial charge in [0.1, 0.15) is 18.1 Å². The maximum atomic E-state index is 12.5. The number of piperidine rings is 1. The zero-order valence-corrected chi connectivity index (χ0v) is 21.5. The topological polar surface area (TPSA) is 115 Å². The van der Waals surface area contributed by atoms with Crippen molar-refractivity contribution in [3.8, 4) is 11.3 Å². The predicted molar refractivity (Wildman–Crippen MR) is 133 cm³/mol. The number of nitrogens with zero attached hydrogens (tertiary/aromatic N) is 6. The zero-order valence-electron chi connectivity index (χ0n) is 19.6. The molecule has 1 saturated heterocycles. The number of hydrogen-bond donors (Lipinski definition) is 1. The van der Waals surface area contributed by atoms with Gasteiger partial charge in [0, 0.05) is 47.0 Å². The average Bonchev–Trinajstić information content (AvgIpc) is 3.24. The van der Waals surface area contributed by atoms with E-state index in [1.54, 1.807) is 27.6 Å². The second-order valence-corrected chi connectivity index (χ2v) is 11.6. The highest BCUT2D eigenvalue weighted by Crippen LogP contribution is 2.27. The fraction of sp³-hybridized carbons (Fsp3) is 0.545. The van der Waals surface area contributed by atoms with Crippen molar-refractivity contribution in [3.63, 3.8) is 0 Å². The first-order chi connectivity index (χ1) is 16.5. The van der Waals surface area contributed by atoms with Gasteiger partial charge in [0.15, 0.2) is 5.65 Å². The Morgan fingerprint density at radius 2 is 2.18 bits per heavy atom. The van der Waals surface area contributed by atoms with Gasteiger partial charge in [-0.15, -0.1) is 0 Å². The minimum absolute atomic E-state index is 0.0191. The van der Waals surface area contributed by atoms with Crippen LogP contribution >= 0.6 is 0 Å². The summed E-state index contributed by atoms with van der Waals surface area (Å²) in [6.07, 6.45) is 7.44. The number of pyridine rings is 1. The van der Waals surface area contributed by atoms with Crippen molar-refractivity contribution in [2.45, 2.75) is 51.5 Å². The summed E-state index contributed by atoms with van der Waals surface area (Å²) in [5, 5.41) is 7.83. The van der Waals surface area contributed by atoms with Gasteiger partial charge in [-0.05, 0) is 37.4 Å². The van der Waals surface area contributed by atoms with E-state index >= 15 is 0 Å². The molecule has 182 valence electrons. The molecule has 1 N–H and O–H groups in total. The van der Waals surface area contributed by atoms with Crippen molar-refractivity contribution in [2.24, 2.45) is 0 Å². The van der Waals surface area contributed by atoms with Crippen LogP contribution in [0.4, 0.5) is 5.82 Å². The summed E-state index contributed by atoms with van der Waals surface area (Å²) in [7, 11) is -2.36. The van der Waals surface area contributed by atoms with Crippen LogP contribution in [0.1, 0.15) is 26.2 Å². The molecule has 2 radical (unpaired) electrons. The SMILES string of the molecule is CCCS(=O)(=O)N1CCCC(Nc2ncccc2-c2cnc3c(cnn3COCC[Si]C)n2)C1. The molecular weight excluding hydrogens is 470 g/mol. The second kappa shape index (κ2) is 11.3. The number of anilines is 1. The number of sulfonamides is 1. The molecule has 1 fully saturated rings. The molecule has 3 aromatic rings. The summed E-state index contributed by atoms with van der Waals surface area (Å²) >= 11 is 0. The molecule has 4 heterocycles. The molecule has 1 aliphatic heterocycles. The standard InChI is InChI=1S/C22H31N7O3SSi/c1-3-11-33(30,31)28-9-5-6-17(15-28)26-21-18(7-4-8-23-21)19-13-24-22-20(27-19)14-25-29(22)16-32-10-12-34-2/h4,7-8,13-14,17H,3,5-6,9-12,15-16H2,1-2H3,(H,23,26). The van der Waals surface area contributed by atoms with Crippen LogP contribution in [0.3, 0.4) is 0 Å². The smallest absolute Gasteiger partial charge is 0.214 e. The Morgan fingerprint density at radius 1 is 1.29 bits per heavy atom. The molecule has 1 aliphatic rings. The minimum Gasteiger partial charge on any atom is -0.365 e. The normalized spacial score (nSPS) is 17.3. The maximum Gasteiger partial charge on any atom is 0.214 e. The number of rotatable bonds is 11. The van der Waals surface area contributed by atoms with Crippen LogP contribution in [0.2, 0.25) is 12.6 Å². The van der Waals surface area contributed by atoms with Crippen LogP contribution in [-0.4, -0.2) is 78.5 Å². The summed E-state index contributed by atoms with van der Waals surface area (Å²) in [4.78, 5) is 13.9. The van der Waals surface area contributed by atoms with Crippen molar-refractivity contribution >= 4 is 36.5 Å². The molecule has 10 nitrogen and oxygen atoms in total. The predicted octanol–water partition coefficient (Wildman–Crippen LogP) is 2.65. The number of fused-ring (bicyclic) bond motifs is 1. The summed E-state index contributed by atoms with van der Waals surface area (Å²) in [5.74, 6) is 0.856. The van der Waals surface area contributed by atoms with Crippen LogP contribution < -0.4 is 5.32 Å². The van der Waals surface area contributed by atoms with Crippen molar-refractivity contribution < 1.29 is 13.2 Å². The Balaban J connectivity index is 1.51. The molecule has 3 aromatic heterocycles. The van der Waals surface area contributed by atoms with E-state index in [0.717, 1.165) is 34.0 Å². The summed E-state index contributed by atoms with van der Waals surface area (Å²) in [6.45, 7) is 6.10. The van der Waals surface area contributed by atoms with Crippen LogP contribution in [0.25, 0.3) is 22.4 Å². The lowest BCUT2D eigenvalue weighted by Gasteiger charge is -2.32. The van der Waals surface area contributed by atoms with E-state index in [0.29, 0.717) is 55.5 Å². The highest BCUT2D eigenvalue weighted by Gasteiger charge is 2.28. The van der Waals surface area contributed by atoms with E-state index in [-0.39, 0.29) is 11.8 Å². The van der Waals surface area contributed by atoms with E-state index < -0.39 is 10.0 Å². The highest BCUT2D eigenvalue weighted by molar-refractivity contribution is 7.89. The zero-order chi connectivity index (χ0) is 24.0. The largest absolute Gasteiger partial charge is 0.365 e. The minimum atomic E-state index is -3.22. The lowest BCUT2D eigenvalue weighted by atomic mass is 10.1. The molecule has 1 unspecified atom stereocenters. The highest BCUT2D eigenvalue weighted by atomic mass is 32.2. The third-order valence-electron chi connectivity index (χ3n) is 5.72. The average molecular weight is 502 g/mol. The van der Waals surface area contributed by atoms with Gasteiger partial charge in [0.25, 0.3) is 0 Å². The van der Waals surface area contributed by atoms with Gasteiger partial charge in [0.05, 0.1) is 23.8 Å². The Hall–Kier alpha value is -2.41. The van der Waals surface area contributed by atoms with Gasteiger partial charge in [-0.25, -0.2) is 28.1 Å². The van der Waals surface area contributed by atoms with E-state index in [2.05, 4.69) is 26.9 Å². The van der Waals surface area contributed by atoms with Crippen LogP contribution in [0, 0.1) is 0 Å². The van der Waals surface area contributed by atoms with E-state index in [4.69, 9.17) is 9.72 Å². The molecule has 0 saturated carbocycles. The number of hydrogen-bond acceptors (Lipinski definition) is 8. The van der Waals surface area contributed by atoms with Crippen LogP contribution in [-0.2, 0) is 21.5 Å². The van der Waals surface area contributed by atoms with Crippen LogP contribution in [0.5, 0.6) is 0 Å². The molecule has 0 aromatic carbocycles. The first-order valence-corrected chi connectivity index (χ1v) is 14.9. The molecule has 12 heteroatoms. The van der Waals surface area contributed by atoms with Crippen molar-refractivity contribution in [3.05, 3.63) is 30.7 Å². The van der Waals surface area contributed by atoms with Crippen molar-refractivity contribution in [1.29, 1.82) is 0 Å². The monoisotopic (exact) mass is 501 g/mol. The van der Waals surface area contributed by atoms with E-state index in [9.17, 15) is 8.42 Å². The third-order valence-corrected chi connectivity index (χ3v) is 8.46. The van der Waals surface area contributed by atoms with Gasteiger partial charge < -0.3 is 10.1 Å². The first-order valence-electron chi connectivity index (χ1n) is 11.6. The molecule has 0 bridgehead atoms. The maximum absolute atomic E-state index is 12.5. The lowest BCUT2D eigenvalue weighted by Crippen LogP contribution is -2.46.